The van der Waals surface area contributed by atoms with Crippen LogP contribution in [-0.2, 0) is 11.3 Å². The van der Waals surface area contributed by atoms with Gasteiger partial charge < -0.3 is 13.9 Å². The van der Waals surface area contributed by atoms with Gasteiger partial charge in [0.15, 0.2) is 6.61 Å². The maximum absolute atomic E-state index is 12.2. The summed E-state index contributed by atoms with van der Waals surface area (Å²) in [6.45, 7) is 2.54. The van der Waals surface area contributed by atoms with Crippen LogP contribution in [-0.4, -0.2) is 22.8 Å². The van der Waals surface area contributed by atoms with Crippen LogP contribution in [0.5, 0.6) is 5.75 Å². The highest BCUT2D eigenvalue weighted by Gasteiger charge is 2.13. The predicted molar refractivity (Wildman–Crippen MR) is 91.1 cm³/mol. The lowest BCUT2D eigenvalue weighted by molar-refractivity contribution is 0.0438. The number of nitrogens with zero attached hydrogens (tertiary/aromatic N) is 2. The van der Waals surface area contributed by atoms with Crippen LogP contribution in [0.15, 0.2) is 59.0 Å². The summed E-state index contributed by atoms with van der Waals surface area (Å²) in [4.78, 5) is 12.2. The second kappa shape index (κ2) is 8.10. The predicted octanol–water partition coefficient (Wildman–Crippen LogP) is 3.88. The normalized spacial score (nSPS) is 10.4. The first-order valence-corrected chi connectivity index (χ1v) is 8.04. The minimum Gasteiger partial charge on any atom is -0.494 e. The molecule has 1 aromatic heterocycles. The number of rotatable bonds is 7. The Morgan fingerprint density at radius 3 is 2.72 bits per heavy atom. The van der Waals surface area contributed by atoms with E-state index in [1.54, 1.807) is 24.3 Å². The zero-order chi connectivity index (χ0) is 17.5. The van der Waals surface area contributed by atoms with E-state index in [-0.39, 0.29) is 12.5 Å². The molecule has 0 unspecified atom stereocenters. The molecule has 0 bridgehead atoms. The first-order chi connectivity index (χ1) is 12.3. The minimum atomic E-state index is -0.471. The van der Waals surface area contributed by atoms with Crippen molar-refractivity contribution in [2.24, 2.45) is 0 Å². The van der Waals surface area contributed by atoms with Gasteiger partial charge in [0.05, 0.1) is 12.2 Å². The number of carbonyl (C=O) groups excluding carboxylic acids is 1. The molecule has 0 atom stereocenters. The fourth-order valence-electron chi connectivity index (χ4n) is 2.15. The van der Waals surface area contributed by atoms with Crippen molar-refractivity contribution < 1.29 is 18.7 Å². The highest BCUT2D eigenvalue weighted by atomic mass is 16.5. The number of carbonyl (C=O) groups is 1. The van der Waals surface area contributed by atoms with Crippen molar-refractivity contribution in [2.75, 3.05) is 6.61 Å². The molecule has 0 saturated heterocycles. The zero-order valence-electron chi connectivity index (χ0n) is 13.8. The highest BCUT2D eigenvalue weighted by molar-refractivity contribution is 5.89. The lowest BCUT2D eigenvalue weighted by atomic mass is 10.2. The average Bonchev–Trinajstić information content (AvgIpc) is 3.14. The van der Waals surface area contributed by atoms with Gasteiger partial charge in [-0.25, -0.2) is 4.79 Å². The summed E-state index contributed by atoms with van der Waals surface area (Å²) in [5.74, 6) is 0.800. The summed E-state index contributed by atoms with van der Waals surface area (Å²) >= 11 is 0. The second-order valence-electron chi connectivity index (χ2n) is 5.32. The fraction of sp³-hybridized carbons (Fsp3) is 0.211. The molecule has 0 amide bonds. The van der Waals surface area contributed by atoms with Crippen molar-refractivity contribution in [3.05, 3.63) is 66.1 Å². The van der Waals surface area contributed by atoms with Gasteiger partial charge in [0.25, 0.3) is 5.89 Å². The first kappa shape index (κ1) is 16.7. The fourth-order valence-corrected chi connectivity index (χ4v) is 2.15. The molecular formula is C19H18N2O4. The van der Waals surface area contributed by atoms with Gasteiger partial charge in [-0.1, -0.05) is 31.2 Å². The van der Waals surface area contributed by atoms with Crippen molar-refractivity contribution in [2.45, 2.75) is 20.0 Å². The number of hydrogen-bond acceptors (Lipinski definition) is 6. The summed E-state index contributed by atoms with van der Waals surface area (Å²) in [6.07, 6.45) is 0.898. The first-order valence-electron chi connectivity index (χ1n) is 8.04. The Morgan fingerprint density at radius 2 is 1.92 bits per heavy atom. The Bertz CT molecular complexity index is 830. The van der Waals surface area contributed by atoms with Crippen LogP contribution in [0.1, 0.15) is 29.6 Å². The van der Waals surface area contributed by atoms with Crippen LogP contribution in [0.2, 0.25) is 0 Å². The van der Waals surface area contributed by atoms with Crippen LogP contribution in [0, 0.1) is 0 Å². The Morgan fingerprint density at radius 1 is 1.08 bits per heavy atom. The Labute approximate surface area is 145 Å². The maximum atomic E-state index is 12.2. The van der Waals surface area contributed by atoms with E-state index in [1.807, 2.05) is 37.3 Å². The van der Waals surface area contributed by atoms with Crippen LogP contribution >= 0.6 is 0 Å². The molecule has 2 aromatic carbocycles. The summed E-state index contributed by atoms with van der Waals surface area (Å²) in [7, 11) is 0. The molecule has 6 nitrogen and oxygen atoms in total. The standard InChI is InChI=1S/C19H18N2O4/c1-2-11-23-16-10-6-9-15(12-16)19(22)24-13-17-20-21-18(25-17)14-7-4-3-5-8-14/h3-10,12H,2,11,13H2,1H3. The maximum Gasteiger partial charge on any atom is 0.338 e. The van der Waals surface area contributed by atoms with Gasteiger partial charge in [-0.05, 0) is 36.8 Å². The Balaban J connectivity index is 1.60. The molecule has 0 aliphatic rings. The van der Waals surface area contributed by atoms with Gasteiger partial charge in [-0.3, -0.25) is 0 Å². The summed E-state index contributed by atoms with van der Waals surface area (Å²) in [5, 5.41) is 7.85. The number of ether oxygens (including phenoxy) is 2. The monoisotopic (exact) mass is 338 g/mol. The highest BCUT2D eigenvalue weighted by Crippen LogP contribution is 2.18. The second-order valence-corrected chi connectivity index (χ2v) is 5.32. The van der Waals surface area contributed by atoms with E-state index in [4.69, 9.17) is 13.9 Å². The van der Waals surface area contributed by atoms with Crippen LogP contribution in [0.4, 0.5) is 0 Å². The molecule has 0 saturated carbocycles. The minimum absolute atomic E-state index is 0.0846. The SMILES string of the molecule is CCCOc1cccc(C(=O)OCc2nnc(-c3ccccc3)o2)c1. The lowest BCUT2D eigenvalue weighted by Gasteiger charge is -2.06. The molecular weight excluding hydrogens is 320 g/mol. The van der Waals surface area contributed by atoms with Crippen LogP contribution < -0.4 is 4.74 Å². The van der Waals surface area contributed by atoms with Crippen molar-refractivity contribution in [1.29, 1.82) is 0 Å². The third kappa shape index (κ3) is 4.44. The van der Waals surface area contributed by atoms with E-state index in [0.717, 1.165) is 12.0 Å². The summed E-state index contributed by atoms with van der Waals surface area (Å²) in [6, 6.07) is 16.3. The van der Waals surface area contributed by atoms with E-state index < -0.39 is 5.97 Å². The topological polar surface area (TPSA) is 74.5 Å². The third-order valence-corrected chi connectivity index (χ3v) is 3.36. The van der Waals surface area contributed by atoms with E-state index in [9.17, 15) is 4.79 Å². The van der Waals surface area contributed by atoms with Gasteiger partial charge in [0.1, 0.15) is 5.75 Å². The molecule has 6 heteroatoms. The van der Waals surface area contributed by atoms with E-state index in [2.05, 4.69) is 10.2 Å². The molecule has 0 N–H and O–H groups in total. The van der Waals surface area contributed by atoms with Gasteiger partial charge in [0.2, 0.25) is 5.89 Å². The van der Waals surface area contributed by atoms with Gasteiger partial charge in [-0.15, -0.1) is 10.2 Å². The quantitative estimate of drug-likeness (QED) is 0.609. The van der Waals surface area contributed by atoms with Crippen molar-refractivity contribution in [3.63, 3.8) is 0 Å². The molecule has 0 aliphatic carbocycles. The van der Waals surface area contributed by atoms with Gasteiger partial charge >= 0.3 is 5.97 Å². The molecule has 3 aromatic rings. The smallest absolute Gasteiger partial charge is 0.338 e. The van der Waals surface area contributed by atoms with Gasteiger partial charge in [0, 0.05) is 5.56 Å². The molecule has 3 rings (SSSR count). The molecule has 0 spiro atoms. The van der Waals surface area contributed by atoms with Crippen molar-refractivity contribution in [1.82, 2.24) is 10.2 Å². The number of esters is 1. The molecule has 128 valence electrons. The molecule has 0 aliphatic heterocycles. The summed E-state index contributed by atoms with van der Waals surface area (Å²) in [5.41, 5.74) is 1.23. The number of hydrogen-bond donors (Lipinski definition) is 0. The van der Waals surface area contributed by atoms with Crippen molar-refractivity contribution in [3.8, 4) is 17.2 Å². The molecule has 0 fully saturated rings. The largest absolute Gasteiger partial charge is 0.494 e. The zero-order valence-corrected chi connectivity index (χ0v) is 13.8. The van der Waals surface area contributed by atoms with E-state index in [1.165, 1.54) is 0 Å². The van der Waals surface area contributed by atoms with E-state index >= 15 is 0 Å². The van der Waals surface area contributed by atoms with E-state index in [0.29, 0.717) is 23.8 Å². The third-order valence-electron chi connectivity index (χ3n) is 3.36. The number of benzene rings is 2. The average molecular weight is 338 g/mol. The van der Waals surface area contributed by atoms with Gasteiger partial charge in [-0.2, -0.15) is 0 Å². The lowest BCUT2D eigenvalue weighted by Crippen LogP contribution is -2.06. The van der Waals surface area contributed by atoms with Crippen molar-refractivity contribution >= 4 is 5.97 Å². The number of aromatic nitrogens is 2. The Hall–Kier alpha value is -3.15. The van der Waals surface area contributed by atoms with Crippen LogP contribution in [0.3, 0.4) is 0 Å². The van der Waals surface area contributed by atoms with Crippen LogP contribution in [0.25, 0.3) is 11.5 Å². The molecule has 25 heavy (non-hydrogen) atoms. The summed E-state index contributed by atoms with van der Waals surface area (Å²) < 4.78 is 16.3. The molecule has 1 heterocycles. The molecule has 0 radical (unpaired) electrons. The Kier molecular flexibility index (Phi) is 5.41.